The lowest BCUT2D eigenvalue weighted by Gasteiger charge is -2.21. The predicted molar refractivity (Wildman–Crippen MR) is 88.0 cm³/mol. The Morgan fingerprint density at radius 2 is 2.14 bits per heavy atom. The van der Waals surface area contributed by atoms with E-state index in [2.05, 4.69) is 0 Å². The molecule has 6 heteroatoms. The molecule has 0 bridgehead atoms. The summed E-state index contributed by atoms with van der Waals surface area (Å²) < 4.78 is 20.0. The fourth-order valence-electron chi connectivity index (χ4n) is 1.97. The smallest absolute Gasteiger partial charge is 0.167 e. The van der Waals surface area contributed by atoms with Crippen LogP contribution in [0.25, 0.3) is 0 Å². The molecule has 1 aromatic heterocycles. The Kier molecular flexibility index (Phi) is 5.31. The Bertz CT molecular complexity index is 618. The fourth-order valence-corrected chi connectivity index (χ4v) is 3.11. The summed E-state index contributed by atoms with van der Waals surface area (Å²) in [6.45, 7) is 3.10. The molecular formula is C15H18ClFN2OS. The molecule has 2 N–H and O–H groups in total. The van der Waals surface area contributed by atoms with Crippen LogP contribution in [0.15, 0.2) is 24.3 Å². The second-order valence-corrected chi connectivity index (χ2v) is 6.55. The summed E-state index contributed by atoms with van der Waals surface area (Å²) in [5, 5.41) is 0. The first kappa shape index (κ1) is 15.9. The molecule has 0 amide bonds. The molecule has 0 aliphatic heterocycles. The molecule has 0 aliphatic carbocycles. The minimum absolute atomic E-state index is 0.233. The molecule has 1 heterocycles. The van der Waals surface area contributed by atoms with Crippen molar-refractivity contribution < 1.29 is 9.13 Å². The van der Waals surface area contributed by atoms with Crippen molar-refractivity contribution in [3.63, 3.8) is 0 Å². The first-order valence-electron chi connectivity index (χ1n) is 6.68. The highest BCUT2D eigenvalue weighted by molar-refractivity contribution is 7.16. The van der Waals surface area contributed by atoms with Crippen LogP contribution < -0.4 is 15.4 Å². The van der Waals surface area contributed by atoms with Crippen LogP contribution in [-0.2, 0) is 6.54 Å². The van der Waals surface area contributed by atoms with E-state index in [9.17, 15) is 4.39 Å². The van der Waals surface area contributed by atoms with Crippen LogP contribution in [0.3, 0.4) is 0 Å². The van der Waals surface area contributed by atoms with Crippen LogP contribution in [0, 0.1) is 5.82 Å². The molecule has 0 saturated heterocycles. The highest BCUT2D eigenvalue weighted by Gasteiger charge is 2.13. The monoisotopic (exact) mass is 328 g/mol. The number of ether oxygens (including phenoxy) is 1. The summed E-state index contributed by atoms with van der Waals surface area (Å²) in [7, 11) is 1.90. The maximum Gasteiger partial charge on any atom is 0.167 e. The standard InChI is InChI=1S/C15H18ClFN2OS/c1-3-6-20-14-8-13(12(18)7-11(14)17)19(2)9-10-4-5-15(16)21-10/h4-5,7-8H,3,6,9,18H2,1-2H3. The lowest BCUT2D eigenvalue weighted by atomic mass is 10.2. The van der Waals surface area contributed by atoms with Gasteiger partial charge in [0, 0.05) is 24.1 Å². The zero-order valence-electron chi connectivity index (χ0n) is 12.0. The number of rotatable bonds is 6. The molecule has 0 fully saturated rings. The van der Waals surface area contributed by atoms with Crippen LogP contribution in [0.1, 0.15) is 18.2 Å². The topological polar surface area (TPSA) is 38.5 Å². The first-order valence-corrected chi connectivity index (χ1v) is 7.88. The van der Waals surface area contributed by atoms with Crippen molar-refractivity contribution >= 4 is 34.3 Å². The van der Waals surface area contributed by atoms with Crippen LogP contribution >= 0.6 is 22.9 Å². The van der Waals surface area contributed by atoms with E-state index < -0.39 is 5.82 Å². The minimum atomic E-state index is -0.433. The van der Waals surface area contributed by atoms with E-state index in [0.717, 1.165) is 21.3 Å². The van der Waals surface area contributed by atoms with Crippen LogP contribution in [0.5, 0.6) is 5.75 Å². The van der Waals surface area contributed by atoms with Crippen LogP contribution in [0.4, 0.5) is 15.8 Å². The van der Waals surface area contributed by atoms with Gasteiger partial charge in [-0.3, -0.25) is 0 Å². The Hall–Kier alpha value is -1.46. The van der Waals surface area contributed by atoms with E-state index >= 15 is 0 Å². The molecule has 0 saturated carbocycles. The molecule has 0 atom stereocenters. The van der Waals surface area contributed by atoms with E-state index in [1.165, 1.54) is 17.4 Å². The Labute approximate surface area is 133 Å². The fraction of sp³-hybridized carbons (Fsp3) is 0.333. The van der Waals surface area contributed by atoms with Gasteiger partial charge in [-0.2, -0.15) is 0 Å². The molecule has 0 unspecified atom stereocenters. The van der Waals surface area contributed by atoms with Gasteiger partial charge < -0.3 is 15.4 Å². The lowest BCUT2D eigenvalue weighted by molar-refractivity contribution is 0.301. The van der Waals surface area contributed by atoms with Crippen molar-refractivity contribution in [2.45, 2.75) is 19.9 Å². The Morgan fingerprint density at radius 3 is 2.76 bits per heavy atom. The van der Waals surface area contributed by atoms with E-state index in [1.54, 1.807) is 6.07 Å². The highest BCUT2D eigenvalue weighted by Crippen LogP contribution is 2.32. The van der Waals surface area contributed by atoms with Gasteiger partial charge in [0.1, 0.15) is 0 Å². The number of hydrogen-bond donors (Lipinski definition) is 1. The molecule has 2 aromatic rings. The van der Waals surface area contributed by atoms with Crippen molar-refractivity contribution in [3.8, 4) is 5.75 Å². The number of halogens is 2. The average Bonchev–Trinajstić information content (AvgIpc) is 2.83. The van der Waals surface area contributed by atoms with Gasteiger partial charge in [-0.05, 0) is 18.6 Å². The zero-order valence-corrected chi connectivity index (χ0v) is 13.6. The van der Waals surface area contributed by atoms with Crippen LogP contribution in [0.2, 0.25) is 4.34 Å². The molecular weight excluding hydrogens is 311 g/mol. The van der Waals surface area contributed by atoms with Crippen molar-refractivity contribution in [2.24, 2.45) is 0 Å². The van der Waals surface area contributed by atoms with Crippen molar-refractivity contribution in [2.75, 3.05) is 24.3 Å². The van der Waals surface area contributed by atoms with Gasteiger partial charge in [0.25, 0.3) is 0 Å². The summed E-state index contributed by atoms with van der Waals surface area (Å²) in [5.74, 6) is -0.200. The summed E-state index contributed by atoms with van der Waals surface area (Å²) >= 11 is 7.45. The van der Waals surface area contributed by atoms with E-state index in [1.807, 2.05) is 31.0 Å². The quantitative estimate of drug-likeness (QED) is 0.791. The van der Waals surface area contributed by atoms with Gasteiger partial charge in [0.05, 0.1) is 28.9 Å². The maximum absolute atomic E-state index is 13.8. The second kappa shape index (κ2) is 7.00. The van der Waals surface area contributed by atoms with Gasteiger partial charge in [-0.25, -0.2) is 4.39 Å². The van der Waals surface area contributed by atoms with Gasteiger partial charge in [-0.1, -0.05) is 18.5 Å². The van der Waals surface area contributed by atoms with E-state index in [-0.39, 0.29) is 5.75 Å². The predicted octanol–water partition coefficient (Wildman–Crippen LogP) is 4.55. The normalized spacial score (nSPS) is 10.7. The largest absolute Gasteiger partial charge is 0.490 e. The van der Waals surface area contributed by atoms with Crippen molar-refractivity contribution in [1.29, 1.82) is 0 Å². The third kappa shape index (κ3) is 4.02. The lowest BCUT2D eigenvalue weighted by Crippen LogP contribution is -2.17. The zero-order chi connectivity index (χ0) is 15.4. The van der Waals surface area contributed by atoms with E-state index in [0.29, 0.717) is 18.8 Å². The minimum Gasteiger partial charge on any atom is -0.490 e. The molecule has 21 heavy (non-hydrogen) atoms. The van der Waals surface area contributed by atoms with E-state index in [4.69, 9.17) is 22.1 Å². The first-order chi connectivity index (χ1) is 10.0. The number of thiophene rings is 1. The number of benzene rings is 1. The summed E-state index contributed by atoms with van der Waals surface area (Å²) in [6, 6.07) is 6.78. The second-order valence-electron chi connectivity index (χ2n) is 4.75. The summed E-state index contributed by atoms with van der Waals surface area (Å²) in [6.07, 6.45) is 0.822. The third-order valence-corrected chi connectivity index (χ3v) is 4.19. The molecule has 3 nitrogen and oxygen atoms in total. The number of nitrogens with two attached hydrogens (primary N) is 1. The van der Waals surface area contributed by atoms with Gasteiger partial charge >= 0.3 is 0 Å². The summed E-state index contributed by atoms with van der Waals surface area (Å²) in [5.41, 5.74) is 7.05. The Balaban J connectivity index is 2.20. The third-order valence-electron chi connectivity index (χ3n) is 2.98. The SMILES string of the molecule is CCCOc1cc(N(C)Cc2ccc(Cl)s2)c(N)cc1F. The molecule has 1 aromatic carbocycles. The molecule has 0 aliphatic rings. The van der Waals surface area contributed by atoms with Crippen LogP contribution in [-0.4, -0.2) is 13.7 Å². The number of nitrogen functional groups attached to an aromatic ring is 1. The number of nitrogens with zero attached hydrogens (tertiary/aromatic N) is 1. The summed E-state index contributed by atoms with van der Waals surface area (Å²) in [4.78, 5) is 3.07. The van der Waals surface area contributed by atoms with Crippen molar-refractivity contribution in [3.05, 3.63) is 39.3 Å². The number of anilines is 2. The van der Waals surface area contributed by atoms with Crippen molar-refractivity contribution in [1.82, 2.24) is 0 Å². The maximum atomic E-state index is 13.8. The van der Waals surface area contributed by atoms with Gasteiger partial charge in [-0.15, -0.1) is 11.3 Å². The van der Waals surface area contributed by atoms with Gasteiger partial charge in [0.2, 0.25) is 0 Å². The van der Waals surface area contributed by atoms with Gasteiger partial charge in [0.15, 0.2) is 11.6 Å². The number of hydrogen-bond acceptors (Lipinski definition) is 4. The molecule has 0 radical (unpaired) electrons. The molecule has 2 rings (SSSR count). The Morgan fingerprint density at radius 1 is 1.38 bits per heavy atom. The molecule has 114 valence electrons. The molecule has 0 spiro atoms. The highest BCUT2D eigenvalue weighted by atomic mass is 35.5. The average molecular weight is 329 g/mol.